The maximum absolute atomic E-state index is 11.6. The van der Waals surface area contributed by atoms with Crippen molar-refractivity contribution in [2.24, 2.45) is 5.92 Å². The molecule has 0 N–H and O–H groups in total. The third-order valence-electron chi connectivity index (χ3n) is 2.92. The van der Waals surface area contributed by atoms with Crippen LogP contribution in [-0.2, 0) is 4.79 Å². The first-order valence-corrected chi connectivity index (χ1v) is 6.23. The lowest BCUT2D eigenvalue weighted by Gasteiger charge is -2.30. The molecule has 0 aliphatic carbocycles. The summed E-state index contributed by atoms with van der Waals surface area (Å²) in [5.41, 5.74) is 0. The first-order chi connectivity index (χ1) is 6.81. The van der Waals surface area contributed by atoms with Crippen LogP contribution in [0.25, 0.3) is 0 Å². The molecule has 2 fully saturated rings. The second-order valence-corrected chi connectivity index (χ2v) is 5.10. The van der Waals surface area contributed by atoms with Crippen molar-refractivity contribution in [1.29, 1.82) is 5.26 Å². The van der Waals surface area contributed by atoms with E-state index in [4.69, 9.17) is 5.26 Å². The number of hydrogen-bond acceptors (Lipinski definition) is 3. The van der Waals surface area contributed by atoms with Crippen molar-refractivity contribution in [3.05, 3.63) is 0 Å². The van der Waals surface area contributed by atoms with Crippen molar-refractivity contribution in [2.45, 2.75) is 25.3 Å². The van der Waals surface area contributed by atoms with Gasteiger partial charge in [-0.05, 0) is 18.6 Å². The van der Waals surface area contributed by atoms with Crippen LogP contribution in [-0.4, -0.2) is 34.9 Å². The molecule has 4 heteroatoms. The number of nitriles is 1. The molecule has 3 nitrogen and oxygen atoms in total. The fourth-order valence-electron chi connectivity index (χ4n) is 2.14. The number of thioether (sulfide) groups is 1. The molecule has 0 bridgehead atoms. The third-order valence-corrected chi connectivity index (χ3v) is 4.12. The molecular formula is C10H14N2OS. The van der Waals surface area contributed by atoms with Crippen LogP contribution in [0.1, 0.15) is 19.3 Å². The lowest BCUT2D eigenvalue weighted by molar-refractivity contribution is -0.129. The topological polar surface area (TPSA) is 44.1 Å². The van der Waals surface area contributed by atoms with Crippen LogP contribution in [0.4, 0.5) is 0 Å². The van der Waals surface area contributed by atoms with Crippen LogP contribution in [0, 0.1) is 17.2 Å². The third kappa shape index (κ3) is 1.88. The van der Waals surface area contributed by atoms with Crippen molar-refractivity contribution in [3.8, 4) is 6.07 Å². The average molecular weight is 210 g/mol. The van der Waals surface area contributed by atoms with E-state index in [2.05, 4.69) is 6.07 Å². The SMILES string of the molecule is N#CC1CC(=O)N(C2CCCSC2)C1. The van der Waals surface area contributed by atoms with Gasteiger partial charge in [-0.25, -0.2) is 0 Å². The van der Waals surface area contributed by atoms with Gasteiger partial charge in [-0.2, -0.15) is 17.0 Å². The standard InChI is InChI=1S/C10H14N2OS/c11-5-8-4-10(13)12(6-8)9-2-1-3-14-7-9/h8-9H,1-4,6-7H2. The molecule has 0 aromatic heterocycles. The quantitative estimate of drug-likeness (QED) is 0.654. The first kappa shape index (κ1) is 9.85. The Morgan fingerprint density at radius 1 is 1.57 bits per heavy atom. The minimum atomic E-state index is -0.0607. The highest BCUT2D eigenvalue weighted by Gasteiger charge is 2.34. The molecule has 2 heterocycles. The Kier molecular flexibility index (Phi) is 2.97. The van der Waals surface area contributed by atoms with Crippen molar-refractivity contribution in [3.63, 3.8) is 0 Å². The highest BCUT2D eigenvalue weighted by Crippen LogP contribution is 2.27. The van der Waals surface area contributed by atoms with E-state index in [0.29, 0.717) is 19.0 Å². The van der Waals surface area contributed by atoms with E-state index in [9.17, 15) is 4.79 Å². The summed E-state index contributed by atoms with van der Waals surface area (Å²) in [6.07, 6.45) is 2.77. The van der Waals surface area contributed by atoms with Crippen LogP contribution >= 0.6 is 11.8 Å². The number of carbonyl (C=O) groups is 1. The Bertz CT molecular complexity index is 268. The second-order valence-electron chi connectivity index (χ2n) is 3.95. The second kappa shape index (κ2) is 4.22. The fraction of sp³-hybridized carbons (Fsp3) is 0.800. The monoisotopic (exact) mass is 210 g/mol. The van der Waals surface area contributed by atoms with Gasteiger partial charge in [0.1, 0.15) is 0 Å². The smallest absolute Gasteiger partial charge is 0.224 e. The number of hydrogen-bond donors (Lipinski definition) is 0. The van der Waals surface area contributed by atoms with Crippen molar-refractivity contribution >= 4 is 17.7 Å². The summed E-state index contributed by atoms with van der Waals surface area (Å²) in [7, 11) is 0. The number of rotatable bonds is 1. The molecule has 2 saturated heterocycles. The maximum atomic E-state index is 11.6. The molecule has 2 rings (SSSR count). The van der Waals surface area contributed by atoms with Gasteiger partial charge in [0.2, 0.25) is 5.91 Å². The van der Waals surface area contributed by atoms with Crippen LogP contribution in [0.5, 0.6) is 0 Å². The van der Waals surface area contributed by atoms with E-state index in [1.165, 1.54) is 12.2 Å². The largest absolute Gasteiger partial charge is 0.338 e. The summed E-state index contributed by atoms with van der Waals surface area (Å²) in [5, 5.41) is 8.77. The number of nitrogens with zero attached hydrogens (tertiary/aromatic N) is 2. The Morgan fingerprint density at radius 2 is 2.43 bits per heavy atom. The molecule has 2 aliphatic rings. The van der Waals surface area contributed by atoms with Crippen LogP contribution in [0.3, 0.4) is 0 Å². The lowest BCUT2D eigenvalue weighted by atomic mass is 10.1. The van der Waals surface area contributed by atoms with Crippen molar-refractivity contribution in [1.82, 2.24) is 4.90 Å². The van der Waals surface area contributed by atoms with E-state index in [1.54, 1.807) is 0 Å². The Morgan fingerprint density at radius 3 is 3.00 bits per heavy atom. The molecule has 2 aliphatic heterocycles. The van der Waals surface area contributed by atoms with Crippen molar-refractivity contribution in [2.75, 3.05) is 18.1 Å². The van der Waals surface area contributed by atoms with E-state index >= 15 is 0 Å². The zero-order valence-electron chi connectivity index (χ0n) is 8.11. The summed E-state index contributed by atoms with van der Waals surface area (Å²) in [5.74, 6) is 2.41. The van der Waals surface area contributed by atoms with Gasteiger partial charge >= 0.3 is 0 Å². The molecule has 0 radical (unpaired) electrons. The zero-order valence-corrected chi connectivity index (χ0v) is 8.92. The first-order valence-electron chi connectivity index (χ1n) is 5.08. The van der Waals surface area contributed by atoms with E-state index in [0.717, 1.165) is 12.2 Å². The maximum Gasteiger partial charge on any atom is 0.224 e. The predicted octanol–water partition coefficient (Wildman–Crippen LogP) is 1.25. The van der Waals surface area contributed by atoms with Gasteiger partial charge in [0.05, 0.1) is 12.0 Å². The molecule has 1 amide bonds. The molecule has 0 saturated carbocycles. The Labute approximate surface area is 88.4 Å². The normalized spacial score (nSPS) is 33.1. The van der Waals surface area contributed by atoms with E-state index in [-0.39, 0.29) is 11.8 Å². The van der Waals surface area contributed by atoms with Gasteiger partial charge in [0, 0.05) is 24.8 Å². The number of amides is 1. The summed E-state index contributed by atoms with van der Waals surface area (Å²) >= 11 is 1.92. The summed E-state index contributed by atoms with van der Waals surface area (Å²) in [6, 6.07) is 2.60. The molecular weight excluding hydrogens is 196 g/mol. The van der Waals surface area contributed by atoms with Gasteiger partial charge in [0.15, 0.2) is 0 Å². The van der Waals surface area contributed by atoms with E-state index in [1.807, 2.05) is 16.7 Å². The minimum Gasteiger partial charge on any atom is -0.338 e. The lowest BCUT2D eigenvalue weighted by Crippen LogP contribution is -2.39. The highest BCUT2D eigenvalue weighted by atomic mass is 32.2. The number of likely N-dealkylation sites (tertiary alicyclic amines) is 1. The van der Waals surface area contributed by atoms with Gasteiger partial charge in [-0.1, -0.05) is 0 Å². The minimum absolute atomic E-state index is 0.0607. The summed E-state index contributed by atoms with van der Waals surface area (Å²) < 4.78 is 0. The fourth-order valence-corrected chi connectivity index (χ4v) is 3.30. The van der Waals surface area contributed by atoms with Gasteiger partial charge in [-0.3, -0.25) is 4.79 Å². The van der Waals surface area contributed by atoms with Crippen molar-refractivity contribution < 1.29 is 4.79 Å². The molecule has 2 unspecified atom stereocenters. The van der Waals surface area contributed by atoms with Gasteiger partial charge in [0.25, 0.3) is 0 Å². The molecule has 76 valence electrons. The predicted molar refractivity (Wildman–Crippen MR) is 55.8 cm³/mol. The van der Waals surface area contributed by atoms with Gasteiger partial charge in [-0.15, -0.1) is 0 Å². The summed E-state index contributed by atoms with van der Waals surface area (Å²) in [6.45, 7) is 0.667. The van der Waals surface area contributed by atoms with Crippen LogP contribution in [0.15, 0.2) is 0 Å². The Hall–Kier alpha value is -0.690. The van der Waals surface area contributed by atoms with Crippen LogP contribution in [0.2, 0.25) is 0 Å². The molecule has 14 heavy (non-hydrogen) atoms. The number of carbonyl (C=O) groups excluding carboxylic acids is 1. The zero-order chi connectivity index (χ0) is 9.97. The molecule has 0 spiro atoms. The summed E-state index contributed by atoms with van der Waals surface area (Å²) in [4.78, 5) is 13.5. The van der Waals surface area contributed by atoms with Gasteiger partial charge < -0.3 is 4.90 Å². The average Bonchev–Trinajstić information content (AvgIpc) is 2.61. The Balaban J connectivity index is 1.97. The van der Waals surface area contributed by atoms with E-state index < -0.39 is 0 Å². The molecule has 0 aromatic rings. The van der Waals surface area contributed by atoms with Crippen LogP contribution < -0.4 is 0 Å². The molecule has 0 aromatic carbocycles. The molecule has 2 atom stereocenters. The highest BCUT2D eigenvalue weighted by molar-refractivity contribution is 7.99.